The smallest absolute Gasteiger partial charge is 0.319 e. The number of urea groups is 1. The van der Waals surface area contributed by atoms with Gasteiger partial charge in [0.15, 0.2) is 0 Å². The van der Waals surface area contributed by atoms with Gasteiger partial charge in [-0.2, -0.15) is 0 Å². The largest absolute Gasteiger partial charge is 0.329 e. The summed E-state index contributed by atoms with van der Waals surface area (Å²) in [5, 5.41) is 6.11. The minimum atomic E-state index is 0.0209. The zero-order valence-electron chi connectivity index (χ0n) is 8.36. The van der Waals surface area contributed by atoms with Crippen LogP contribution in [0, 0.1) is 0 Å². The van der Waals surface area contributed by atoms with Gasteiger partial charge in [-0.15, -0.1) is 0 Å². The van der Waals surface area contributed by atoms with Gasteiger partial charge in [0.1, 0.15) is 0 Å². The number of rotatable bonds is 0. The summed E-state index contributed by atoms with van der Waals surface area (Å²) >= 11 is 0. The van der Waals surface area contributed by atoms with Crippen LogP contribution in [0.15, 0.2) is 11.3 Å². The quantitative estimate of drug-likeness (QED) is 0.606. The molecule has 2 N–H and O–H groups in total. The average molecular weight is 192 g/mol. The molecule has 2 aliphatic carbocycles. The second kappa shape index (κ2) is 2.75. The Balaban J connectivity index is 2.02. The maximum atomic E-state index is 11.5. The van der Waals surface area contributed by atoms with Gasteiger partial charge in [0.2, 0.25) is 0 Å². The summed E-state index contributed by atoms with van der Waals surface area (Å²) in [7, 11) is 0. The Hall–Kier alpha value is -0.990. The highest BCUT2D eigenvalue weighted by Crippen LogP contribution is 2.44. The third kappa shape index (κ3) is 1.01. The Morgan fingerprint density at radius 3 is 2.64 bits per heavy atom. The van der Waals surface area contributed by atoms with Crippen LogP contribution in [0.2, 0.25) is 0 Å². The van der Waals surface area contributed by atoms with Gasteiger partial charge in [0.05, 0.1) is 5.54 Å². The molecule has 1 saturated carbocycles. The van der Waals surface area contributed by atoms with Crippen molar-refractivity contribution in [3.63, 3.8) is 0 Å². The third-order valence-corrected chi connectivity index (χ3v) is 3.87. The SMILES string of the molecule is O=C1NC2=C(CCC2)C2(CCCC2)N1. The summed E-state index contributed by atoms with van der Waals surface area (Å²) in [5.74, 6) is 0. The van der Waals surface area contributed by atoms with Crippen LogP contribution in [0.25, 0.3) is 0 Å². The summed E-state index contributed by atoms with van der Waals surface area (Å²) < 4.78 is 0. The molecule has 0 aromatic heterocycles. The molecule has 1 heterocycles. The lowest BCUT2D eigenvalue weighted by Gasteiger charge is -2.37. The normalized spacial score (nSPS) is 29.0. The number of fused-ring (bicyclic) bond motifs is 1. The number of amides is 2. The van der Waals surface area contributed by atoms with Crippen molar-refractivity contribution < 1.29 is 4.79 Å². The zero-order valence-corrected chi connectivity index (χ0v) is 8.36. The fourth-order valence-corrected chi connectivity index (χ4v) is 3.28. The summed E-state index contributed by atoms with van der Waals surface area (Å²) in [6.07, 6.45) is 8.30. The summed E-state index contributed by atoms with van der Waals surface area (Å²) in [6, 6.07) is 0.0209. The summed E-state index contributed by atoms with van der Waals surface area (Å²) in [4.78, 5) is 11.5. The zero-order chi connectivity index (χ0) is 9.60. The van der Waals surface area contributed by atoms with E-state index in [0.717, 1.165) is 19.3 Å². The Labute approximate surface area is 83.9 Å². The molecule has 1 fully saturated rings. The highest BCUT2D eigenvalue weighted by atomic mass is 16.2. The van der Waals surface area contributed by atoms with E-state index in [-0.39, 0.29) is 11.6 Å². The van der Waals surface area contributed by atoms with Crippen molar-refractivity contribution in [2.24, 2.45) is 0 Å². The summed E-state index contributed by atoms with van der Waals surface area (Å²) in [6.45, 7) is 0. The number of carbonyl (C=O) groups excluding carboxylic acids is 1. The first-order valence-corrected chi connectivity index (χ1v) is 5.62. The van der Waals surface area contributed by atoms with E-state index in [0.29, 0.717) is 0 Å². The third-order valence-electron chi connectivity index (χ3n) is 3.87. The first kappa shape index (κ1) is 8.33. The van der Waals surface area contributed by atoms with Crippen LogP contribution in [-0.2, 0) is 0 Å². The van der Waals surface area contributed by atoms with E-state index in [4.69, 9.17) is 0 Å². The van der Waals surface area contributed by atoms with Crippen molar-refractivity contribution in [1.29, 1.82) is 0 Å². The van der Waals surface area contributed by atoms with Crippen molar-refractivity contribution in [3.05, 3.63) is 11.3 Å². The number of carbonyl (C=O) groups is 1. The molecule has 1 aliphatic heterocycles. The van der Waals surface area contributed by atoms with Crippen LogP contribution in [-0.4, -0.2) is 11.6 Å². The highest BCUT2D eigenvalue weighted by molar-refractivity contribution is 5.80. The molecule has 3 aliphatic rings. The van der Waals surface area contributed by atoms with Gasteiger partial charge in [-0.25, -0.2) is 4.79 Å². The molecule has 1 spiro atoms. The standard InChI is InChI=1S/C11H16N2O/c14-10-12-9-5-3-4-8(9)11(13-10)6-1-2-7-11/h1-7H2,(H2,12,13,14). The van der Waals surface area contributed by atoms with Crippen LogP contribution in [0.1, 0.15) is 44.9 Å². The molecule has 76 valence electrons. The van der Waals surface area contributed by atoms with Crippen molar-refractivity contribution in [3.8, 4) is 0 Å². The van der Waals surface area contributed by atoms with Gasteiger partial charge >= 0.3 is 6.03 Å². The van der Waals surface area contributed by atoms with Gasteiger partial charge in [-0.3, -0.25) is 0 Å². The van der Waals surface area contributed by atoms with Crippen LogP contribution in [0.3, 0.4) is 0 Å². The van der Waals surface area contributed by atoms with Crippen molar-refractivity contribution >= 4 is 6.03 Å². The topological polar surface area (TPSA) is 41.1 Å². The monoisotopic (exact) mass is 192 g/mol. The van der Waals surface area contributed by atoms with Crippen molar-refractivity contribution in [2.45, 2.75) is 50.5 Å². The highest BCUT2D eigenvalue weighted by Gasteiger charge is 2.44. The number of hydrogen-bond donors (Lipinski definition) is 2. The van der Waals surface area contributed by atoms with Gasteiger partial charge in [-0.05, 0) is 37.7 Å². The molecule has 0 aromatic carbocycles. The molecule has 3 heteroatoms. The molecule has 0 aromatic rings. The lowest BCUT2D eigenvalue weighted by Crippen LogP contribution is -2.55. The van der Waals surface area contributed by atoms with E-state index in [1.54, 1.807) is 0 Å². The number of hydrogen-bond acceptors (Lipinski definition) is 1. The second-order valence-corrected chi connectivity index (χ2v) is 4.68. The maximum absolute atomic E-state index is 11.5. The predicted molar refractivity (Wildman–Crippen MR) is 53.7 cm³/mol. The van der Waals surface area contributed by atoms with E-state index in [1.807, 2.05) is 0 Å². The minimum absolute atomic E-state index is 0.0209. The number of allylic oxidation sites excluding steroid dienone is 1. The van der Waals surface area contributed by atoms with Gasteiger partial charge < -0.3 is 10.6 Å². The van der Waals surface area contributed by atoms with Crippen LogP contribution in [0.4, 0.5) is 4.79 Å². The van der Waals surface area contributed by atoms with Crippen LogP contribution >= 0.6 is 0 Å². The second-order valence-electron chi connectivity index (χ2n) is 4.68. The van der Waals surface area contributed by atoms with E-state index < -0.39 is 0 Å². The van der Waals surface area contributed by atoms with E-state index in [9.17, 15) is 4.79 Å². The molecule has 14 heavy (non-hydrogen) atoms. The Bertz CT molecular complexity index is 313. The molecular weight excluding hydrogens is 176 g/mol. The average Bonchev–Trinajstić information content (AvgIpc) is 2.73. The first-order valence-electron chi connectivity index (χ1n) is 5.62. The van der Waals surface area contributed by atoms with Gasteiger partial charge in [-0.1, -0.05) is 12.8 Å². The van der Waals surface area contributed by atoms with Crippen molar-refractivity contribution in [1.82, 2.24) is 10.6 Å². The summed E-state index contributed by atoms with van der Waals surface area (Å²) in [5.41, 5.74) is 2.80. The minimum Gasteiger partial charge on any atom is -0.329 e. The number of nitrogens with one attached hydrogen (secondary N) is 2. The van der Waals surface area contributed by atoms with E-state index >= 15 is 0 Å². The van der Waals surface area contributed by atoms with Crippen LogP contribution < -0.4 is 10.6 Å². The Morgan fingerprint density at radius 1 is 1.07 bits per heavy atom. The molecule has 0 unspecified atom stereocenters. The Morgan fingerprint density at radius 2 is 1.86 bits per heavy atom. The first-order chi connectivity index (χ1) is 6.80. The fraction of sp³-hybridized carbons (Fsp3) is 0.727. The maximum Gasteiger partial charge on any atom is 0.319 e. The van der Waals surface area contributed by atoms with Crippen LogP contribution in [0.5, 0.6) is 0 Å². The van der Waals surface area contributed by atoms with Gasteiger partial charge in [0, 0.05) is 5.70 Å². The predicted octanol–water partition coefficient (Wildman–Crippen LogP) is 2.05. The lowest BCUT2D eigenvalue weighted by molar-refractivity contribution is 0.227. The van der Waals surface area contributed by atoms with E-state index in [1.165, 1.54) is 37.0 Å². The molecule has 0 bridgehead atoms. The fourth-order valence-electron chi connectivity index (χ4n) is 3.28. The lowest BCUT2D eigenvalue weighted by atomic mass is 9.85. The molecule has 3 nitrogen and oxygen atoms in total. The Kier molecular flexibility index (Phi) is 1.64. The van der Waals surface area contributed by atoms with E-state index in [2.05, 4.69) is 10.6 Å². The molecule has 3 rings (SSSR count). The molecule has 2 amide bonds. The molecule has 0 saturated heterocycles. The van der Waals surface area contributed by atoms with Crippen molar-refractivity contribution in [2.75, 3.05) is 0 Å². The molecule has 0 radical (unpaired) electrons. The molecule has 0 atom stereocenters. The molecular formula is C11H16N2O. The van der Waals surface area contributed by atoms with Gasteiger partial charge in [0.25, 0.3) is 0 Å².